The molecule has 3 heterocycles. The molecule has 1 N–H and O–H groups in total. The van der Waals surface area contributed by atoms with Crippen LogP contribution in [0.4, 0.5) is 11.5 Å². The maximum absolute atomic E-state index is 6.05. The highest BCUT2D eigenvalue weighted by Gasteiger charge is 2.10. The van der Waals surface area contributed by atoms with E-state index in [9.17, 15) is 0 Å². The molecule has 146 valence electrons. The van der Waals surface area contributed by atoms with Crippen molar-refractivity contribution < 1.29 is 4.74 Å². The predicted molar refractivity (Wildman–Crippen MR) is 118 cm³/mol. The molecule has 6 nitrogen and oxygen atoms in total. The Bertz CT molecular complexity index is 1180. The lowest BCUT2D eigenvalue weighted by Gasteiger charge is -2.12. The summed E-state index contributed by atoms with van der Waals surface area (Å²) in [5, 5.41) is 3.68. The number of fused-ring (bicyclic) bond motifs is 1. The van der Waals surface area contributed by atoms with Crippen LogP contribution in [0.2, 0.25) is 5.15 Å². The van der Waals surface area contributed by atoms with Crippen molar-refractivity contribution in [3.8, 4) is 11.5 Å². The molecule has 29 heavy (non-hydrogen) atoms. The van der Waals surface area contributed by atoms with Gasteiger partial charge in [-0.15, -0.1) is 0 Å². The van der Waals surface area contributed by atoms with E-state index in [1.165, 1.54) is 0 Å². The predicted octanol–water partition coefficient (Wildman–Crippen LogP) is 6.24. The topological polar surface area (TPSA) is 72.8 Å². The molecule has 0 amide bonds. The van der Waals surface area contributed by atoms with Crippen molar-refractivity contribution in [2.24, 2.45) is 0 Å². The van der Waals surface area contributed by atoms with Gasteiger partial charge in [-0.3, -0.25) is 4.98 Å². The number of nitrogens with one attached hydrogen (secondary N) is 1. The first-order valence-corrected chi connectivity index (χ1v) is 10.2. The van der Waals surface area contributed by atoms with Crippen molar-refractivity contribution in [2.45, 2.75) is 20.3 Å². The molecule has 0 spiro atoms. The Morgan fingerprint density at radius 1 is 1.07 bits per heavy atom. The van der Waals surface area contributed by atoms with E-state index in [0.717, 1.165) is 29.1 Å². The van der Waals surface area contributed by atoms with Crippen LogP contribution in [0.3, 0.4) is 0 Å². The molecule has 3 aromatic heterocycles. The van der Waals surface area contributed by atoms with Crippen LogP contribution in [0.25, 0.3) is 11.0 Å². The van der Waals surface area contributed by atoms with Crippen LogP contribution in [0.5, 0.6) is 11.5 Å². The summed E-state index contributed by atoms with van der Waals surface area (Å²) in [7, 11) is 0. The van der Waals surface area contributed by atoms with E-state index in [4.69, 9.17) is 16.3 Å². The summed E-state index contributed by atoms with van der Waals surface area (Å²) in [5.74, 6) is 2.03. The second-order valence-corrected chi connectivity index (χ2v) is 7.49. The second-order valence-electron chi connectivity index (χ2n) is 6.39. The SMILES string of the molecule is CCc1ccc(Oc2ccc(Nc3nc(Br)nc4ccc(Cl)nc34)cc2C)cn1. The molecule has 4 aromatic rings. The van der Waals surface area contributed by atoms with Gasteiger partial charge < -0.3 is 10.1 Å². The minimum absolute atomic E-state index is 0.383. The average molecular weight is 471 g/mol. The summed E-state index contributed by atoms with van der Waals surface area (Å²) in [4.78, 5) is 17.5. The van der Waals surface area contributed by atoms with Crippen LogP contribution in [0, 0.1) is 6.92 Å². The quantitative estimate of drug-likeness (QED) is 0.275. The van der Waals surface area contributed by atoms with Crippen molar-refractivity contribution in [2.75, 3.05) is 5.32 Å². The zero-order valence-electron chi connectivity index (χ0n) is 15.8. The second kappa shape index (κ2) is 8.31. The number of aryl methyl sites for hydroxylation is 2. The first kappa shape index (κ1) is 19.5. The Morgan fingerprint density at radius 3 is 2.66 bits per heavy atom. The lowest BCUT2D eigenvalue weighted by Crippen LogP contribution is -2.00. The number of pyridine rings is 2. The smallest absolute Gasteiger partial charge is 0.199 e. The molecule has 8 heteroatoms. The zero-order valence-corrected chi connectivity index (χ0v) is 18.1. The Balaban J connectivity index is 1.60. The van der Waals surface area contributed by atoms with E-state index in [1.807, 2.05) is 43.3 Å². The number of benzene rings is 1. The molecule has 1 aromatic carbocycles. The van der Waals surface area contributed by atoms with Gasteiger partial charge in [0.2, 0.25) is 0 Å². The minimum Gasteiger partial charge on any atom is -0.455 e. The Kier molecular flexibility index (Phi) is 5.60. The molecule has 0 saturated heterocycles. The molecular formula is C21H17BrClN5O. The van der Waals surface area contributed by atoms with Crippen molar-refractivity contribution >= 4 is 50.1 Å². The first-order chi connectivity index (χ1) is 14.0. The highest BCUT2D eigenvalue weighted by molar-refractivity contribution is 9.10. The highest BCUT2D eigenvalue weighted by atomic mass is 79.9. The molecular weight excluding hydrogens is 454 g/mol. The largest absolute Gasteiger partial charge is 0.455 e. The van der Waals surface area contributed by atoms with Crippen molar-refractivity contribution in [3.05, 3.63) is 69.8 Å². The van der Waals surface area contributed by atoms with Gasteiger partial charge in [-0.05, 0) is 77.3 Å². The fourth-order valence-electron chi connectivity index (χ4n) is 2.84. The van der Waals surface area contributed by atoms with Gasteiger partial charge in [0.1, 0.15) is 22.2 Å². The fraction of sp³-hybridized carbons (Fsp3) is 0.143. The van der Waals surface area contributed by atoms with Gasteiger partial charge in [-0.25, -0.2) is 15.0 Å². The third kappa shape index (κ3) is 4.46. The Morgan fingerprint density at radius 2 is 1.93 bits per heavy atom. The first-order valence-electron chi connectivity index (χ1n) is 9.02. The highest BCUT2D eigenvalue weighted by Crippen LogP contribution is 2.30. The fourth-order valence-corrected chi connectivity index (χ4v) is 3.35. The van der Waals surface area contributed by atoms with Crippen LogP contribution in [-0.2, 0) is 6.42 Å². The maximum Gasteiger partial charge on any atom is 0.199 e. The minimum atomic E-state index is 0.383. The summed E-state index contributed by atoms with van der Waals surface area (Å²) >= 11 is 9.39. The average Bonchev–Trinajstić information content (AvgIpc) is 2.71. The lowest BCUT2D eigenvalue weighted by molar-refractivity contribution is 0.476. The maximum atomic E-state index is 6.05. The van der Waals surface area contributed by atoms with Gasteiger partial charge in [-0.2, -0.15) is 0 Å². The number of aromatic nitrogens is 4. The van der Waals surface area contributed by atoms with E-state index >= 15 is 0 Å². The lowest BCUT2D eigenvalue weighted by atomic mass is 10.2. The molecule has 4 rings (SSSR count). The molecule has 0 radical (unpaired) electrons. The Labute approximate surface area is 181 Å². The number of anilines is 2. The molecule has 0 bridgehead atoms. The van der Waals surface area contributed by atoms with Crippen molar-refractivity contribution in [1.82, 2.24) is 19.9 Å². The number of nitrogens with zero attached hydrogens (tertiary/aromatic N) is 4. The number of rotatable bonds is 5. The van der Waals surface area contributed by atoms with E-state index in [1.54, 1.807) is 12.3 Å². The number of halogens is 2. The molecule has 0 aliphatic heterocycles. The summed E-state index contributed by atoms with van der Waals surface area (Å²) < 4.78 is 6.43. The van der Waals surface area contributed by atoms with Crippen LogP contribution in [0.1, 0.15) is 18.2 Å². The van der Waals surface area contributed by atoms with Gasteiger partial charge in [0.05, 0.1) is 11.7 Å². The summed E-state index contributed by atoms with van der Waals surface area (Å²) in [5.41, 5.74) is 4.14. The molecule has 0 atom stereocenters. The zero-order chi connectivity index (χ0) is 20.4. The van der Waals surface area contributed by atoms with E-state index in [2.05, 4.69) is 48.1 Å². The summed E-state index contributed by atoms with van der Waals surface area (Å²) in [6.45, 7) is 4.05. The third-order valence-electron chi connectivity index (χ3n) is 4.31. The van der Waals surface area contributed by atoms with Crippen molar-refractivity contribution in [3.63, 3.8) is 0 Å². The van der Waals surface area contributed by atoms with E-state index in [0.29, 0.717) is 32.5 Å². The monoisotopic (exact) mass is 469 g/mol. The standard InChI is InChI=1S/C21H17BrClN5O/c1-3-13-4-6-15(11-24-13)29-17-8-5-14(10-12(17)2)25-20-19-16(26-21(22)28-20)7-9-18(23)27-19/h4-11H,3H2,1-2H3,(H,25,26,28). The summed E-state index contributed by atoms with van der Waals surface area (Å²) in [6, 6.07) is 13.2. The van der Waals surface area contributed by atoms with Crippen LogP contribution in [0.15, 0.2) is 53.4 Å². The van der Waals surface area contributed by atoms with E-state index < -0.39 is 0 Å². The van der Waals surface area contributed by atoms with Crippen LogP contribution >= 0.6 is 27.5 Å². The van der Waals surface area contributed by atoms with Crippen LogP contribution in [-0.4, -0.2) is 19.9 Å². The number of hydrogen-bond donors (Lipinski definition) is 1. The molecule has 0 aliphatic carbocycles. The number of hydrogen-bond acceptors (Lipinski definition) is 6. The molecule has 0 fully saturated rings. The van der Waals surface area contributed by atoms with Gasteiger partial charge in [0.25, 0.3) is 0 Å². The molecule has 0 saturated carbocycles. The molecule has 0 unspecified atom stereocenters. The summed E-state index contributed by atoms with van der Waals surface area (Å²) in [6.07, 6.45) is 2.64. The van der Waals surface area contributed by atoms with Gasteiger partial charge in [0.15, 0.2) is 10.6 Å². The molecule has 0 aliphatic rings. The number of ether oxygens (including phenoxy) is 1. The van der Waals surface area contributed by atoms with Gasteiger partial charge in [0, 0.05) is 11.4 Å². The van der Waals surface area contributed by atoms with Gasteiger partial charge in [-0.1, -0.05) is 18.5 Å². The van der Waals surface area contributed by atoms with E-state index in [-0.39, 0.29) is 0 Å². The third-order valence-corrected chi connectivity index (χ3v) is 4.87. The van der Waals surface area contributed by atoms with Gasteiger partial charge >= 0.3 is 0 Å². The van der Waals surface area contributed by atoms with Crippen molar-refractivity contribution in [1.29, 1.82) is 0 Å². The normalized spacial score (nSPS) is 10.9. The van der Waals surface area contributed by atoms with Crippen LogP contribution < -0.4 is 10.1 Å². The Hall–Kier alpha value is -2.77.